The molecule has 0 bridgehead atoms. The maximum atomic E-state index is 14.2. The number of hydrogen-bond donors (Lipinski definition) is 1. The largest absolute Gasteiger partial charge is 0.444 e. The first kappa shape index (κ1) is 18.2. The number of carbonyl (C=O) groups is 2. The van der Waals surface area contributed by atoms with Crippen LogP contribution in [0.5, 0.6) is 0 Å². The van der Waals surface area contributed by atoms with Gasteiger partial charge in [0.15, 0.2) is 0 Å². The van der Waals surface area contributed by atoms with Gasteiger partial charge in [-0.3, -0.25) is 4.79 Å². The second-order valence-corrected chi connectivity index (χ2v) is 6.91. The zero-order valence-corrected chi connectivity index (χ0v) is 14.2. The van der Waals surface area contributed by atoms with Crippen LogP contribution in [0.1, 0.15) is 45.2 Å². The van der Waals surface area contributed by atoms with Crippen molar-refractivity contribution in [3.63, 3.8) is 0 Å². The van der Waals surface area contributed by atoms with Gasteiger partial charge in [-0.1, -0.05) is 0 Å². The molecule has 0 aliphatic carbocycles. The molecular weight excluding hydrogens is 318 g/mol. The number of carbonyl (C=O) groups excluding carboxylic acids is 2. The molecule has 2 rings (SSSR count). The molecule has 1 saturated heterocycles. The molecule has 1 aliphatic heterocycles. The molecule has 2 unspecified atom stereocenters. The van der Waals surface area contributed by atoms with Crippen LogP contribution in [-0.4, -0.2) is 35.6 Å². The molecule has 2 atom stereocenters. The van der Waals surface area contributed by atoms with Crippen LogP contribution in [0.25, 0.3) is 0 Å². The predicted octanol–water partition coefficient (Wildman–Crippen LogP) is 3.15. The van der Waals surface area contributed by atoms with E-state index in [1.54, 1.807) is 20.8 Å². The number of nitrogens with one attached hydrogen (secondary N) is 1. The molecule has 1 heterocycles. The molecule has 7 heteroatoms. The maximum absolute atomic E-state index is 14.2. The Morgan fingerprint density at radius 3 is 2.62 bits per heavy atom. The van der Waals surface area contributed by atoms with Gasteiger partial charge in [-0.15, -0.1) is 0 Å². The summed E-state index contributed by atoms with van der Waals surface area (Å²) in [5.74, 6) is -1.42. The minimum atomic E-state index is -0.797. The Hall–Kier alpha value is -2.18. The van der Waals surface area contributed by atoms with Gasteiger partial charge in [-0.05, 0) is 45.4 Å². The molecule has 1 fully saturated rings. The van der Waals surface area contributed by atoms with Crippen LogP contribution in [0.4, 0.5) is 13.6 Å². The SMILES string of the molecule is CN1C(=O)CCC(NC(=O)OC(C)(C)C)C1c1cc(F)ccc1F. The lowest BCUT2D eigenvalue weighted by atomic mass is 9.90. The number of halogens is 2. The van der Waals surface area contributed by atoms with Gasteiger partial charge < -0.3 is 15.0 Å². The molecule has 132 valence electrons. The number of nitrogens with zero attached hydrogens (tertiary/aromatic N) is 1. The fourth-order valence-corrected chi connectivity index (χ4v) is 2.81. The topological polar surface area (TPSA) is 58.6 Å². The van der Waals surface area contributed by atoms with E-state index in [4.69, 9.17) is 4.74 Å². The first-order valence-corrected chi connectivity index (χ1v) is 7.78. The van der Waals surface area contributed by atoms with Crippen molar-refractivity contribution in [3.05, 3.63) is 35.4 Å². The summed E-state index contributed by atoms with van der Waals surface area (Å²) in [6.45, 7) is 5.19. The van der Waals surface area contributed by atoms with Gasteiger partial charge in [-0.2, -0.15) is 0 Å². The summed E-state index contributed by atoms with van der Waals surface area (Å²) < 4.78 is 33.0. The monoisotopic (exact) mass is 340 g/mol. The Morgan fingerprint density at radius 2 is 2.00 bits per heavy atom. The zero-order chi connectivity index (χ0) is 18.1. The second-order valence-electron chi connectivity index (χ2n) is 6.91. The van der Waals surface area contributed by atoms with Crippen LogP contribution >= 0.6 is 0 Å². The average molecular weight is 340 g/mol. The number of benzene rings is 1. The summed E-state index contributed by atoms with van der Waals surface area (Å²) >= 11 is 0. The van der Waals surface area contributed by atoms with Crippen molar-refractivity contribution in [3.8, 4) is 0 Å². The molecule has 2 amide bonds. The third-order valence-electron chi connectivity index (χ3n) is 3.84. The highest BCUT2D eigenvalue weighted by molar-refractivity contribution is 5.78. The number of amides is 2. The summed E-state index contributed by atoms with van der Waals surface area (Å²) in [5, 5.41) is 2.68. The van der Waals surface area contributed by atoms with E-state index in [0.717, 1.165) is 18.2 Å². The van der Waals surface area contributed by atoms with Crippen molar-refractivity contribution in [1.82, 2.24) is 10.2 Å². The van der Waals surface area contributed by atoms with Gasteiger partial charge in [0.05, 0.1) is 12.1 Å². The van der Waals surface area contributed by atoms with Crippen molar-refractivity contribution >= 4 is 12.0 Å². The summed E-state index contributed by atoms with van der Waals surface area (Å²) in [6.07, 6.45) is -0.120. The van der Waals surface area contributed by atoms with Gasteiger partial charge in [0.2, 0.25) is 5.91 Å². The molecule has 0 aromatic heterocycles. The molecule has 0 radical (unpaired) electrons. The van der Waals surface area contributed by atoms with Crippen molar-refractivity contribution in [2.24, 2.45) is 0 Å². The summed E-state index contributed by atoms with van der Waals surface area (Å²) in [5.41, 5.74) is -0.647. The Bertz CT molecular complexity index is 643. The van der Waals surface area contributed by atoms with E-state index < -0.39 is 35.4 Å². The summed E-state index contributed by atoms with van der Waals surface area (Å²) in [6, 6.07) is 1.72. The molecule has 1 aliphatic rings. The fourth-order valence-electron chi connectivity index (χ4n) is 2.81. The van der Waals surface area contributed by atoms with Gasteiger partial charge in [0.1, 0.15) is 17.2 Å². The van der Waals surface area contributed by atoms with Gasteiger partial charge in [-0.25, -0.2) is 13.6 Å². The number of hydrogen-bond acceptors (Lipinski definition) is 3. The number of piperidine rings is 1. The number of likely N-dealkylation sites (N-methyl/N-ethyl adjacent to an activating group) is 1. The minimum absolute atomic E-state index is 0.0339. The van der Waals surface area contributed by atoms with Crippen molar-refractivity contribution in [1.29, 1.82) is 0 Å². The lowest BCUT2D eigenvalue weighted by Gasteiger charge is -2.39. The van der Waals surface area contributed by atoms with Crippen LogP contribution < -0.4 is 5.32 Å². The van der Waals surface area contributed by atoms with E-state index in [1.165, 1.54) is 11.9 Å². The lowest BCUT2D eigenvalue weighted by molar-refractivity contribution is -0.136. The first-order valence-electron chi connectivity index (χ1n) is 7.78. The number of likely N-dealkylation sites (tertiary alicyclic amines) is 1. The van der Waals surface area contributed by atoms with E-state index in [1.807, 2.05) is 0 Å². The van der Waals surface area contributed by atoms with Crippen LogP contribution in [0.2, 0.25) is 0 Å². The highest BCUT2D eigenvalue weighted by atomic mass is 19.1. The van der Waals surface area contributed by atoms with Crippen LogP contribution in [0, 0.1) is 11.6 Å². The highest BCUT2D eigenvalue weighted by Gasteiger charge is 2.38. The van der Waals surface area contributed by atoms with Crippen LogP contribution in [-0.2, 0) is 9.53 Å². The van der Waals surface area contributed by atoms with Gasteiger partial charge in [0, 0.05) is 19.0 Å². The standard InChI is InChI=1S/C17H22F2N2O3/c1-17(2,3)24-16(23)20-13-7-8-14(22)21(4)15(13)11-9-10(18)5-6-12(11)19/h5-6,9,13,15H,7-8H2,1-4H3,(H,20,23). The molecule has 24 heavy (non-hydrogen) atoms. The van der Waals surface area contributed by atoms with Gasteiger partial charge in [0.25, 0.3) is 0 Å². The fraction of sp³-hybridized carbons (Fsp3) is 0.529. The highest BCUT2D eigenvalue weighted by Crippen LogP contribution is 2.33. The molecule has 1 N–H and O–H groups in total. The van der Waals surface area contributed by atoms with E-state index in [-0.39, 0.29) is 17.9 Å². The Kier molecular flexibility index (Phi) is 5.11. The van der Waals surface area contributed by atoms with E-state index in [2.05, 4.69) is 5.32 Å². The normalized spacial score (nSPS) is 21.6. The Balaban J connectivity index is 2.29. The van der Waals surface area contributed by atoms with Crippen molar-refractivity contribution in [2.75, 3.05) is 7.05 Å². The van der Waals surface area contributed by atoms with Gasteiger partial charge >= 0.3 is 6.09 Å². The maximum Gasteiger partial charge on any atom is 0.407 e. The molecule has 5 nitrogen and oxygen atoms in total. The summed E-state index contributed by atoms with van der Waals surface area (Å²) in [7, 11) is 1.51. The van der Waals surface area contributed by atoms with E-state index >= 15 is 0 Å². The molecule has 0 saturated carbocycles. The quantitative estimate of drug-likeness (QED) is 0.900. The predicted molar refractivity (Wildman–Crippen MR) is 84.3 cm³/mol. The third-order valence-corrected chi connectivity index (χ3v) is 3.84. The van der Waals surface area contributed by atoms with E-state index in [9.17, 15) is 18.4 Å². The zero-order valence-electron chi connectivity index (χ0n) is 14.2. The second kappa shape index (κ2) is 6.75. The molecule has 1 aromatic rings. The summed E-state index contributed by atoms with van der Waals surface area (Å²) in [4.78, 5) is 25.4. The number of rotatable bonds is 2. The van der Waals surface area contributed by atoms with Crippen molar-refractivity contribution in [2.45, 2.75) is 51.3 Å². The molecule has 0 spiro atoms. The van der Waals surface area contributed by atoms with Crippen LogP contribution in [0.3, 0.4) is 0 Å². The number of alkyl carbamates (subject to hydrolysis) is 1. The van der Waals surface area contributed by atoms with Crippen molar-refractivity contribution < 1.29 is 23.1 Å². The van der Waals surface area contributed by atoms with Crippen LogP contribution in [0.15, 0.2) is 18.2 Å². The lowest BCUT2D eigenvalue weighted by Crippen LogP contribution is -2.51. The number of ether oxygens (including phenoxy) is 1. The minimum Gasteiger partial charge on any atom is -0.444 e. The molecular formula is C17H22F2N2O3. The third kappa shape index (κ3) is 4.21. The smallest absolute Gasteiger partial charge is 0.407 e. The average Bonchev–Trinajstić information content (AvgIpc) is 2.44. The Morgan fingerprint density at radius 1 is 1.33 bits per heavy atom. The van der Waals surface area contributed by atoms with E-state index in [0.29, 0.717) is 6.42 Å². The molecule has 1 aromatic carbocycles. The first-order chi connectivity index (χ1) is 11.1. The Labute approximate surface area is 140 Å².